The van der Waals surface area contributed by atoms with Crippen molar-refractivity contribution in [2.75, 3.05) is 7.11 Å². The summed E-state index contributed by atoms with van der Waals surface area (Å²) in [6.07, 6.45) is 2.22. The second kappa shape index (κ2) is 5.25. The van der Waals surface area contributed by atoms with Gasteiger partial charge in [0.25, 0.3) is 0 Å². The molecule has 1 fully saturated rings. The summed E-state index contributed by atoms with van der Waals surface area (Å²) in [5, 5.41) is 3.01. The van der Waals surface area contributed by atoms with Crippen molar-refractivity contribution in [2.45, 2.75) is 32.7 Å². The molecule has 1 N–H and O–H groups in total. The normalized spacial score (nSPS) is 15.9. The standard InChI is InChI=1S/C15H19NO2/c1-10(11(2)15(17)16-13-6-7-13)12-4-8-14(18-3)9-5-12/h4-5,8-9,13H,6-7H2,1-3H3,(H,16,17)/b11-10+. The highest BCUT2D eigenvalue weighted by Crippen LogP contribution is 2.23. The number of nitrogens with one attached hydrogen (secondary N) is 1. The fourth-order valence-corrected chi connectivity index (χ4v) is 1.75. The molecule has 0 aliphatic heterocycles. The Kier molecular flexibility index (Phi) is 3.70. The second-order valence-corrected chi connectivity index (χ2v) is 4.73. The van der Waals surface area contributed by atoms with Crippen LogP contribution in [0.1, 0.15) is 32.3 Å². The predicted molar refractivity (Wildman–Crippen MR) is 72.4 cm³/mol. The quantitative estimate of drug-likeness (QED) is 0.828. The SMILES string of the molecule is COc1ccc(/C(C)=C(\C)C(=O)NC2CC2)cc1. The van der Waals surface area contributed by atoms with Crippen molar-refractivity contribution in [2.24, 2.45) is 0 Å². The monoisotopic (exact) mass is 245 g/mol. The summed E-state index contributed by atoms with van der Waals surface area (Å²) in [6.45, 7) is 3.85. The molecule has 0 aromatic heterocycles. The van der Waals surface area contributed by atoms with E-state index in [4.69, 9.17) is 4.74 Å². The smallest absolute Gasteiger partial charge is 0.247 e. The van der Waals surface area contributed by atoms with E-state index in [0.717, 1.165) is 35.3 Å². The predicted octanol–water partition coefficient (Wildman–Crippen LogP) is 2.77. The van der Waals surface area contributed by atoms with Gasteiger partial charge in [-0.3, -0.25) is 4.79 Å². The van der Waals surface area contributed by atoms with Crippen LogP contribution in [0.15, 0.2) is 29.8 Å². The number of hydrogen-bond acceptors (Lipinski definition) is 2. The van der Waals surface area contributed by atoms with E-state index in [0.29, 0.717) is 6.04 Å². The van der Waals surface area contributed by atoms with Gasteiger partial charge in [0, 0.05) is 11.6 Å². The van der Waals surface area contributed by atoms with E-state index >= 15 is 0 Å². The van der Waals surface area contributed by atoms with Crippen molar-refractivity contribution in [3.8, 4) is 5.75 Å². The number of carbonyl (C=O) groups is 1. The van der Waals surface area contributed by atoms with Crippen molar-refractivity contribution in [3.05, 3.63) is 35.4 Å². The molecule has 0 spiro atoms. The van der Waals surface area contributed by atoms with E-state index in [-0.39, 0.29) is 5.91 Å². The average Bonchev–Trinajstić information content (AvgIpc) is 3.21. The first-order chi connectivity index (χ1) is 8.61. The third-order valence-electron chi connectivity index (χ3n) is 3.34. The highest BCUT2D eigenvalue weighted by molar-refractivity contribution is 6.00. The third kappa shape index (κ3) is 2.92. The number of benzene rings is 1. The molecule has 0 unspecified atom stereocenters. The Morgan fingerprint density at radius 1 is 1.22 bits per heavy atom. The van der Waals surface area contributed by atoms with E-state index in [1.807, 2.05) is 38.1 Å². The largest absolute Gasteiger partial charge is 0.497 e. The van der Waals surface area contributed by atoms with Crippen LogP contribution in [0.3, 0.4) is 0 Å². The lowest BCUT2D eigenvalue weighted by Crippen LogP contribution is -2.26. The first-order valence-corrected chi connectivity index (χ1v) is 6.24. The summed E-state index contributed by atoms with van der Waals surface area (Å²) < 4.78 is 5.12. The van der Waals surface area contributed by atoms with Gasteiger partial charge in [-0.25, -0.2) is 0 Å². The van der Waals surface area contributed by atoms with Gasteiger partial charge in [-0.05, 0) is 50.0 Å². The fraction of sp³-hybridized carbons (Fsp3) is 0.400. The highest BCUT2D eigenvalue weighted by Gasteiger charge is 2.24. The number of hydrogen-bond donors (Lipinski definition) is 1. The van der Waals surface area contributed by atoms with E-state index in [1.165, 1.54) is 0 Å². The zero-order chi connectivity index (χ0) is 13.1. The van der Waals surface area contributed by atoms with Crippen molar-refractivity contribution < 1.29 is 9.53 Å². The Labute approximate surface area is 108 Å². The third-order valence-corrected chi connectivity index (χ3v) is 3.34. The van der Waals surface area contributed by atoms with Gasteiger partial charge in [-0.1, -0.05) is 12.1 Å². The molecule has 1 aliphatic carbocycles. The molecule has 0 heterocycles. The second-order valence-electron chi connectivity index (χ2n) is 4.73. The molecule has 3 heteroatoms. The van der Waals surface area contributed by atoms with Gasteiger partial charge in [-0.15, -0.1) is 0 Å². The van der Waals surface area contributed by atoms with Crippen LogP contribution in [0.2, 0.25) is 0 Å². The van der Waals surface area contributed by atoms with Gasteiger partial charge in [0.2, 0.25) is 5.91 Å². The molecule has 3 nitrogen and oxygen atoms in total. The summed E-state index contributed by atoms with van der Waals surface area (Å²) >= 11 is 0. The maximum absolute atomic E-state index is 11.9. The minimum Gasteiger partial charge on any atom is -0.497 e. The van der Waals surface area contributed by atoms with E-state index in [9.17, 15) is 4.79 Å². The Hall–Kier alpha value is -1.77. The van der Waals surface area contributed by atoms with Crippen molar-refractivity contribution >= 4 is 11.5 Å². The summed E-state index contributed by atoms with van der Waals surface area (Å²) in [4.78, 5) is 11.9. The van der Waals surface area contributed by atoms with Crippen molar-refractivity contribution in [1.82, 2.24) is 5.32 Å². The Morgan fingerprint density at radius 2 is 1.83 bits per heavy atom. The first-order valence-electron chi connectivity index (χ1n) is 6.24. The maximum Gasteiger partial charge on any atom is 0.247 e. The molecule has 1 aliphatic rings. The number of rotatable bonds is 4. The van der Waals surface area contributed by atoms with Gasteiger partial charge >= 0.3 is 0 Å². The minimum absolute atomic E-state index is 0.0471. The first kappa shape index (κ1) is 12.7. The van der Waals surface area contributed by atoms with Crippen LogP contribution in [0.4, 0.5) is 0 Å². The molecule has 1 saturated carbocycles. The lowest BCUT2D eigenvalue weighted by molar-refractivity contribution is -0.117. The minimum atomic E-state index is 0.0471. The molecule has 96 valence electrons. The van der Waals surface area contributed by atoms with Crippen LogP contribution in [-0.2, 0) is 4.79 Å². The summed E-state index contributed by atoms with van der Waals surface area (Å²) in [5.41, 5.74) is 2.85. The lowest BCUT2D eigenvalue weighted by atomic mass is 10.0. The zero-order valence-electron chi connectivity index (χ0n) is 11.1. The average molecular weight is 245 g/mol. The van der Waals surface area contributed by atoms with Crippen LogP contribution in [-0.4, -0.2) is 19.1 Å². The molecule has 18 heavy (non-hydrogen) atoms. The molecule has 1 amide bonds. The number of allylic oxidation sites excluding steroid dienone is 1. The summed E-state index contributed by atoms with van der Waals surface area (Å²) in [6, 6.07) is 8.16. The van der Waals surface area contributed by atoms with Gasteiger partial charge in [-0.2, -0.15) is 0 Å². The maximum atomic E-state index is 11.9. The molecule has 0 saturated heterocycles. The van der Waals surface area contributed by atoms with E-state index in [2.05, 4.69) is 5.32 Å². The molecule has 0 radical (unpaired) electrons. The zero-order valence-corrected chi connectivity index (χ0v) is 11.1. The van der Waals surface area contributed by atoms with Crippen molar-refractivity contribution in [1.29, 1.82) is 0 Å². The van der Waals surface area contributed by atoms with Crippen LogP contribution < -0.4 is 10.1 Å². The number of carbonyl (C=O) groups excluding carboxylic acids is 1. The Bertz CT molecular complexity index is 470. The van der Waals surface area contributed by atoms with Crippen LogP contribution >= 0.6 is 0 Å². The molecular weight excluding hydrogens is 226 g/mol. The molecule has 1 aromatic carbocycles. The topological polar surface area (TPSA) is 38.3 Å². The number of methoxy groups -OCH3 is 1. The molecular formula is C15H19NO2. The summed E-state index contributed by atoms with van der Waals surface area (Å²) in [7, 11) is 1.64. The van der Waals surface area contributed by atoms with E-state index < -0.39 is 0 Å². The van der Waals surface area contributed by atoms with Crippen molar-refractivity contribution in [3.63, 3.8) is 0 Å². The Morgan fingerprint density at radius 3 is 2.33 bits per heavy atom. The van der Waals surface area contributed by atoms with Crippen LogP contribution in [0.5, 0.6) is 5.75 Å². The fourth-order valence-electron chi connectivity index (χ4n) is 1.75. The van der Waals surface area contributed by atoms with Crippen LogP contribution in [0.25, 0.3) is 5.57 Å². The molecule has 0 atom stereocenters. The van der Waals surface area contributed by atoms with Gasteiger partial charge in [0.15, 0.2) is 0 Å². The van der Waals surface area contributed by atoms with Gasteiger partial charge in [0.05, 0.1) is 7.11 Å². The van der Waals surface area contributed by atoms with Gasteiger partial charge < -0.3 is 10.1 Å². The van der Waals surface area contributed by atoms with Gasteiger partial charge in [0.1, 0.15) is 5.75 Å². The Balaban J connectivity index is 2.15. The van der Waals surface area contributed by atoms with E-state index in [1.54, 1.807) is 7.11 Å². The molecule has 2 rings (SSSR count). The molecule has 0 bridgehead atoms. The number of amides is 1. The number of ether oxygens (including phenoxy) is 1. The summed E-state index contributed by atoms with van der Waals surface area (Å²) in [5.74, 6) is 0.873. The highest BCUT2D eigenvalue weighted by atomic mass is 16.5. The van der Waals surface area contributed by atoms with Crippen LogP contribution in [0, 0.1) is 0 Å². The molecule has 1 aromatic rings. The lowest BCUT2D eigenvalue weighted by Gasteiger charge is -2.09.